The van der Waals surface area contributed by atoms with Crippen molar-refractivity contribution in [1.82, 2.24) is 0 Å². The molecule has 4 aromatic rings. The highest BCUT2D eigenvalue weighted by Gasteiger charge is 2.27. The van der Waals surface area contributed by atoms with Crippen LogP contribution in [0.15, 0.2) is 66.7 Å². The molecule has 0 aliphatic carbocycles. The predicted octanol–water partition coefficient (Wildman–Crippen LogP) is 5.20. The zero-order chi connectivity index (χ0) is 16.0. The number of hydrogen-bond acceptors (Lipinski definition) is 1. The van der Waals surface area contributed by atoms with Crippen LogP contribution in [-0.2, 0) is 4.43 Å². The van der Waals surface area contributed by atoms with Gasteiger partial charge >= 0.3 is 0 Å². The molecule has 0 N–H and O–H groups in total. The Hall–Kier alpha value is -2.16. The summed E-state index contributed by atoms with van der Waals surface area (Å²) < 4.78 is 5.93. The Balaban J connectivity index is 2.34. The van der Waals surface area contributed by atoms with Gasteiger partial charge in [-0.15, -0.1) is 0 Å². The van der Waals surface area contributed by atoms with Crippen molar-refractivity contribution in [2.45, 2.75) is 13.1 Å². The lowest BCUT2D eigenvalue weighted by Gasteiger charge is -2.24. The molecule has 4 aromatic carbocycles. The highest BCUT2D eigenvalue weighted by molar-refractivity contribution is 6.86. The predicted molar refractivity (Wildman–Crippen MR) is 103 cm³/mol. The van der Waals surface area contributed by atoms with Crippen molar-refractivity contribution in [3.8, 4) is 0 Å². The van der Waals surface area contributed by atoms with Gasteiger partial charge in [0, 0.05) is 7.11 Å². The van der Waals surface area contributed by atoms with E-state index in [0.29, 0.717) is 0 Å². The van der Waals surface area contributed by atoms with Crippen LogP contribution < -0.4 is 5.19 Å². The van der Waals surface area contributed by atoms with Gasteiger partial charge in [0.1, 0.15) is 0 Å². The van der Waals surface area contributed by atoms with Crippen molar-refractivity contribution in [3.05, 3.63) is 66.7 Å². The zero-order valence-corrected chi connectivity index (χ0v) is 14.8. The third-order valence-electron chi connectivity index (χ3n) is 4.93. The van der Waals surface area contributed by atoms with Gasteiger partial charge in [-0.25, -0.2) is 0 Å². The van der Waals surface area contributed by atoms with Gasteiger partial charge in [0.05, 0.1) is 0 Å². The first kappa shape index (κ1) is 14.4. The van der Waals surface area contributed by atoms with Crippen molar-refractivity contribution < 1.29 is 4.43 Å². The smallest absolute Gasteiger partial charge is 0.218 e. The van der Waals surface area contributed by atoms with Gasteiger partial charge in [-0.05, 0) is 50.6 Å². The number of hydrogen-bond donors (Lipinski definition) is 0. The number of fused-ring (bicyclic) bond motifs is 6. The lowest BCUT2D eigenvalue weighted by molar-refractivity contribution is 0.416. The van der Waals surface area contributed by atoms with Crippen LogP contribution in [0.2, 0.25) is 13.1 Å². The minimum Gasteiger partial charge on any atom is -0.416 e. The van der Waals surface area contributed by atoms with Crippen LogP contribution in [0.5, 0.6) is 0 Å². The summed E-state index contributed by atoms with van der Waals surface area (Å²) in [5.74, 6) is 0. The Morgan fingerprint density at radius 2 is 1.04 bits per heavy atom. The van der Waals surface area contributed by atoms with Gasteiger partial charge in [-0.2, -0.15) is 0 Å². The molecule has 0 atom stereocenters. The molecule has 23 heavy (non-hydrogen) atoms. The SMILES string of the molecule is CO[Si](C)(C)c1cccc2c3ccccc3c3ccccc3c12. The summed E-state index contributed by atoms with van der Waals surface area (Å²) in [6.45, 7) is 4.54. The van der Waals surface area contributed by atoms with Crippen molar-refractivity contribution in [2.75, 3.05) is 7.11 Å². The lowest BCUT2D eigenvalue weighted by Crippen LogP contribution is -2.44. The maximum Gasteiger partial charge on any atom is 0.218 e. The number of benzene rings is 4. The van der Waals surface area contributed by atoms with E-state index in [2.05, 4.69) is 79.8 Å². The van der Waals surface area contributed by atoms with E-state index in [1.807, 2.05) is 7.11 Å². The van der Waals surface area contributed by atoms with E-state index in [0.717, 1.165) is 0 Å². The molecular weight excluding hydrogens is 296 g/mol. The fourth-order valence-electron chi connectivity index (χ4n) is 3.57. The molecule has 4 rings (SSSR count). The minimum atomic E-state index is -1.92. The van der Waals surface area contributed by atoms with E-state index >= 15 is 0 Å². The molecule has 0 spiro atoms. The Kier molecular flexibility index (Phi) is 3.25. The summed E-state index contributed by atoms with van der Waals surface area (Å²) in [6.07, 6.45) is 0. The molecule has 0 saturated carbocycles. The Bertz CT molecular complexity index is 989. The molecule has 0 radical (unpaired) electrons. The first-order valence-electron chi connectivity index (χ1n) is 8.01. The van der Waals surface area contributed by atoms with Gasteiger partial charge in [-0.1, -0.05) is 66.7 Å². The van der Waals surface area contributed by atoms with Gasteiger partial charge in [0.15, 0.2) is 0 Å². The normalized spacial score (nSPS) is 12.3. The summed E-state index contributed by atoms with van der Waals surface area (Å²) in [5.41, 5.74) is 0. The summed E-state index contributed by atoms with van der Waals surface area (Å²) in [4.78, 5) is 0. The molecule has 1 nitrogen and oxygen atoms in total. The zero-order valence-electron chi connectivity index (χ0n) is 13.8. The molecule has 0 bridgehead atoms. The molecule has 0 aliphatic heterocycles. The van der Waals surface area contributed by atoms with Crippen LogP contribution in [0.25, 0.3) is 32.3 Å². The first-order valence-corrected chi connectivity index (χ1v) is 10.9. The Morgan fingerprint density at radius 3 is 1.57 bits per heavy atom. The second-order valence-electron chi connectivity index (χ2n) is 6.53. The van der Waals surface area contributed by atoms with Crippen LogP contribution in [-0.4, -0.2) is 15.4 Å². The quantitative estimate of drug-likeness (QED) is 0.364. The fourth-order valence-corrected chi connectivity index (χ4v) is 5.16. The van der Waals surface area contributed by atoms with Crippen LogP contribution in [0.3, 0.4) is 0 Å². The van der Waals surface area contributed by atoms with Gasteiger partial charge in [0.2, 0.25) is 8.32 Å². The van der Waals surface area contributed by atoms with Gasteiger partial charge in [-0.3, -0.25) is 0 Å². The summed E-state index contributed by atoms with van der Waals surface area (Å²) in [5, 5.41) is 9.36. The average Bonchev–Trinajstić information content (AvgIpc) is 2.61. The van der Waals surface area contributed by atoms with Gasteiger partial charge in [0.25, 0.3) is 0 Å². The second-order valence-corrected chi connectivity index (χ2v) is 10.5. The Labute approximate surface area is 137 Å². The maximum absolute atomic E-state index is 5.93. The van der Waals surface area contributed by atoms with Crippen LogP contribution in [0.4, 0.5) is 0 Å². The van der Waals surface area contributed by atoms with E-state index in [1.165, 1.54) is 37.5 Å². The second kappa shape index (κ2) is 5.19. The molecule has 114 valence electrons. The van der Waals surface area contributed by atoms with E-state index < -0.39 is 8.32 Å². The monoisotopic (exact) mass is 316 g/mol. The molecule has 0 aliphatic rings. The lowest BCUT2D eigenvalue weighted by atomic mass is 9.94. The highest BCUT2D eigenvalue weighted by Crippen LogP contribution is 2.34. The van der Waals surface area contributed by atoms with E-state index in [4.69, 9.17) is 4.43 Å². The van der Waals surface area contributed by atoms with Gasteiger partial charge < -0.3 is 4.43 Å². The van der Waals surface area contributed by atoms with Crippen molar-refractivity contribution in [1.29, 1.82) is 0 Å². The topological polar surface area (TPSA) is 9.23 Å². The van der Waals surface area contributed by atoms with Crippen LogP contribution >= 0.6 is 0 Å². The molecular formula is C21H20OSi. The highest BCUT2D eigenvalue weighted by atomic mass is 28.4. The molecule has 2 heteroatoms. The van der Waals surface area contributed by atoms with Crippen molar-refractivity contribution in [3.63, 3.8) is 0 Å². The third-order valence-corrected chi connectivity index (χ3v) is 7.66. The molecule has 0 heterocycles. The number of rotatable bonds is 2. The van der Waals surface area contributed by atoms with E-state index in [9.17, 15) is 0 Å². The summed E-state index contributed by atoms with van der Waals surface area (Å²) in [7, 11) is -0.0808. The standard InChI is InChI=1S/C21H20OSi/c1-22-23(2,3)20-14-8-13-19-17-10-5-4-9-15(17)16-11-6-7-12-18(16)21(19)20/h4-14H,1-3H3. The maximum atomic E-state index is 5.93. The molecule has 0 saturated heterocycles. The largest absolute Gasteiger partial charge is 0.416 e. The fraction of sp³-hybridized carbons (Fsp3) is 0.143. The summed E-state index contributed by atoms with van der Waals surface area (Å²) in [6, 6.07) is 24.1. The minimum absolute atomic E-state index is 1.32. The molecule has 0 fully saturated rings. The van der Waals surface area contributed by atoms with Crippen LogP contribution in [0.1, 0.15) is 0 Å². The van der Waals surface area contributed by atoms with E-state index in [-0.39, 0.29) is 0 Å². The third kappa shape index (κ3) is 2.10. The summed E-state index contributed by atoms with van der Waals surface area (Å²) >= 11 is 0. The first-order chi connectivity index (χ1) is 11.1. The molecule has 0 amide bonds. The van der Waals surface area contributed by atoms with Crippen LogP contribution in [0, 0.1) is 0 Å². The molecule has 0 unspecified atom stereocenters. The van der Waals surface area contributed by atoms with E-state index in [1.54, 1.807) is 0 Å². The Morgan fingerprint density at radius 1 is 0.609 bits per heavy atom. The van der Waals surface area contributed by atoms with Crippen molar-refractivity contribution >= 4 is 45.8 Å². The molecule has 0 aromatic heterocycles. The average molecular weight is 316 g/mol. The van der Waals surface area contributed by atoms with Crippen molar-refractivity contribution in [2.24, 2.45) is 0 Å².